The second-order valence-electron chi connectivity index (χ2n) is 5.88. The summed E-state index contributed by atoms with van der Waals surface area (Å²) < 4.78 is 10.9. The van der Waals surface area contributed by atoms with Crippen LogP contribution in [0.15, 0.2) is 36.4 Å². The van der Waals surface area contributed by atoms with Crippen LogP contribution in [0.1, 0.15) is 30.9 Å². The zero-order chi connectivity index (χ0) is 17.7. The Bertz CT molecular complexity index is 729. The third-order valence-corrected chi connectivity index (χ3v) is 3.82. The number of carbonyl (C=O) groups is 1. The maximum Gasteiger partial charge on any atom is 0.262 e. The van der Waals surface area contributed by atoms with Gasteiger partial charge in [0.25, 0.3) is 5.91 Å². The SMILES string of the molecule is COc1ccc(Cl)cc1NC(=O)COc1cc(C)ccc1C(C)C. The molecular weight excluding hydrogens is 326 g/mol. The third kappa shape index (κ3) is 4.65. The number of anilines is 1. The highest BCUT2D eigenvalue weighted by Gasteiger charge is 2.12. The molecule has 4 nitrogen and oxygen atoms in total. The van der Waals surface area contributed by atoms with Gasteiger partial charge in [0.2, 0.25) is 0 Å². The first-order chi connectivity index (χ1) is 11.4. The number of methoxy groups -OCH3 is 1. The Balaban J connectivity index is 2.07. The average Bonchev–Trinajstić information content (AvgIpc) is 2.53. The Labute approximate surface area is 147 Å². The molecule has 0 aliphatic heterocycles. The quantitative estimate of drug-likeness (QED) is 0.816. The topological polar surface area (TPSA) is 47.6 Å². The molecular formula is C19H22ClNO3. The van der Waals surface area contributed by atoms with Gasteiger partial charge in [-0.05, 0) is 48.2 Å². The van der Waals surface area contributed by atoms with Gasteiger partial charge in [0, 0.05) is 5.02 Å². The number of hydrogen-bond donors (Lipinski definition) is 1. The predicted octanol–water partition coefficient (Wildman–Crippen LogP) is 4.80. The number of halogens is 1. The third-order valence-electron chi connectivity index (χ3n) is 3.59. The van der Waals surface area contributed by atoms with E-state index >= 15 is 0 Å². The van der Waals surface area contributed by atoms with Crippen molar-refractivity contribution in [2.45, 2.75) is 26.7 Å². The number of aryl methyl sites for hydroxylation is 1. The number of nitrogens with one attached hydrogen (secondary N) is 1. The number of amides is 1. The van der Waals surface area contributed by atoms with E-state index in [9.17, 15) is 4.79 Å². The molecule has 0 atom stereocenters. The van der Waals surface area contributed by atoms with Gasteiger partial charge in [-0.2, -0.15) is 0 Å². The summed E-state index contributed by atoms with van der Waals surface area (Å²) in [7, 11) is 1.54. The number of carbonyl (C=O) groups excluding carboxylic acids is 1. The van der Waals surface area contributed by atoms with Crippen molar-refractivity contribution in [3.63, 3.8) is 0 Å². The Hall–Kier alpha value is -2.20. The van der Waals surface area contributed by atoms with E-state index < -0.39 is 0 Å². The summed E-state index contributed by atoms with van der Waals surface area (Å²) in [6, 6.07) is 11.1. The van der Waals surface area contributed by atoms with Crippen molar-refractivity contribution in [3.8, 4) is 11.5 Å². The van der Waals surface area contributed by atoms with Crippen molar-refractivity contribution in [1.29, 1.82) is 0 Å². The summed E-state index contributed by atoms with van der Waals surface area (Å²) in [6.45, 7) is 6.09. The first-order valence-corrected chi connectivity index (χ1v) is 8.15. The van der Waals surface area contributed by atoms with Crippen LogP contribution in [0.3, 0.4) is 0 Å². The molecule has 0 saturated heterocycles. The minimum Gasteiger partial charge on any atom is -0.495 e. The van der Waals surface area contributed by atoms with Crippen LogP contribution in [0.4, 0.5) is 5.69 Å². The van der Waals surface area contributed by atoms with Gasteiger partial charge in [-0.25, -0.2) is 0 Å². The fourth-order valence-electron chi connectivity index (χ4n) is 2.35. The van der Waals surface area contributed by atoms with Gasteiger partial charge in [-0.15, -0.1) is 0 Å². The van der Waals surface area contributed by atoms with Crippen LogP contribution in [0.5, 0.6) is 11.5 Å². The van der Waals surface area contributed by atoms with Crippen LogP contribution in [0.25, 0.3) is 0 Å². The highest BCUT2D eigenvalue weighted by Crippen LogP contribution is 2.29. The molecule has 2 rings (SSSR count). The van der Waals surface area contributed by atoms with E-state index in [0.29, 0.717) is 22.4 Å². The van der Waals surface area contributed by atoms with Crippen molar-refractivity contribution in [3.05, 3.63) is 52.5 Å². The summed E-state index contributed by atoms with van der Waals surface area (Å²) in [5.74, 6) is 1.33. The summed E-state index contributed by atoms with van der Waals surface area (Å²) >= 11 is 5.97. The first-order valence-electron chi connectivity index (χ1n) is 7.77. The second kappa shape index (κ2) is 8.06. The lowest BCUT2D eigenvalue weighted by Gasteiger charge is -2.15. The minimum atomic E-state index is -0.272. The molecule has 2 aromatic carbocycles. The fourth-order valence-corrected chi connectivity index (χ4v) is 2.52. The van der Waals surface area contributed by atoms with E-state index in [1.807, 2.05) is 25.1 Å². The number of rotatable bonds is 6. The van der Waals surface area contributed by atoms with Crippen LogP contribution in [-0.4, -0.2) is 19.6 Å². The van der Waals surface area contributed by atoms with Crippen molar-refractivity contribution in [1.82, 2.24) is 0 Å². The van der Waals surface area contributed by atoms with Crippen molar-refractivity contribution < 1.29 is 14.3 Å². The molecule has 24 heavy (non-hydrogen) atoms. The van der Waals surface area contributed by atoms with Crippen LogP contribution < -0.4 is 14.8 Å². The molecule has 1 amide bonds. The zero-order valence-electron chi connectivity index (χ0n) is 14.4. The molecule has 0 saturated carbocycles. The molecule has 0 aromatic heterocycles. The molecule has 0 aliphatic rings. The molecule has 2 aromatic rings. The standard InChI is InChI=1S/C19H22ClNO3/c1-12(2)15-7-5-13(3)9-18(15)24-11-19(22)21-16-10-14(20)6-8-17(16)23-4/h5-10,12H,11H2,1-4H3,(H,21,22). The van der Waals surface area contributed by atoms with Crippen LogP contribution >= 0.6 is 11.6 Å². The second-order valence-corrected chi connectivity index (χ2v) is 6.31. The highest BCUT2D eigenvalue weighted by atomic mass is 35.5. The monoisotopic (exact) mass is 347 g/mol. The number of hydrogen-bond acceptors (Lipinski definition) is 3. The molecule has 0 spiro atoms. The first kappa shape index (κ1) is 18.1. The fraction of sp³-hybridized carbons (Fsp3) is 0.316. The van der Waals surface area contributed by atoms with Crippen molar-refractivity contribution >= 4 is 23.2 Å². The number of ether oxygens (including phenoxy) is 2. The molecule has 0 radical (unpaired) electrons. The van der Waals surface area contributed by atoms with E-state index in [-0.39, 0.29) is 12.5 Å². The Morgan fingerprint density at radius 3 is 2.58 bits per heavy atom. The normalized spacial score (nSPS) is 10.6. The van der Waals surface area contributed by atoms with E-state index in [1.165, 1.54) is 7.11 Å². The lowest BCUT2D eigenvalue weighted by molar-refractivity contribution is -0.118. The number of benzene rings is 2. The maximum absolute atomic E-state index is 12.2. The van der Waals surface area contributed by atoms with Crippen molar-refractivity contribution in [2.75, 3.05) is 19.0 Å². The smallest absolute Gasteiger partial charge is 0.262 e. The molecule has 0 heterocycles. The molecule has 0 aliphatic carbocycles. The Morgan fingerprint density at radius 1 is 1.17 bits per heavy atom. The molecule has 5 heteroatoms. The summed E-state index contributed by atoms with van der Waals surface area (Å²) in [4.78, 5) is 12.2. The summed E-state index contributed by atoms with van der Waals surface area (Å²) in [6.07, 6.45) is 0. The highest BCUT2D eigenvalue weighted by molar-refractivity contribution is 6.31. The molecule has 0 unspecified atom stereocenters. The minimum absolute atomic E-state index is 0.0845. The van der Waals surface area contributed by atoms with Gasteiger partial charge >= 0.3 is 0 Å². The Kier molecular flexibility index (Phi) is 6.10. The lowest BCUT2D eigenvalue weighted by atomic mass is 10.0. The van der Waals surface area contributed by atoms with E-state index in [4.69, 9.17) is 21.1 Å². The maximum atomic E-state index is 12.2. The van der Waals surface area contributed by atoms with E-state index in [2.05, 4.69) is 19.2 Å². The van der Waals surface area contributed by atoms with Gasteiger partial charge in [0.15, 0.2) is 6.61 Å². The van der Waals surface area contributed by atoms with Crippen molar-refractivity contribution in [2.24, 2.45) is 0 Å². The van der Waals surface area contributed by atoms with Gasteiger partial charge in [-0.1, -0.05) is 37.6 Å². The summed E-state index contributed by atoms with van der Waals surface area (Å²) in [5.41, 5.74) is 2.69. The molecule has 1 N–H and O–H groups in total. The van der Waals surface area contributed by atoms with Crippen LogP contribution in [0, 0.1) is 6.92 Å². The lowest BCUT2D eigenvalue weighted by Crippen LogP contribution is -2.21. The van der Waals surface area contributed by atoms with Crippen LogP contribution in [-0.2, 0) is 4.79 Å². The van der Waals surface area contributed by atoms with Gasteiger partial charge < -0.3 is 14.8 Å². The zero-order valence-corrected chi connectivity index (χ0v) is 15.1. The summed E-state index contributed by atoms with van der Waals surface area (Å²) in [5, 5.41) is 3.28. The van der Waals surface area contributed by atoms with E-state index in [1.54, 1.807) is 18.2 Å². The van der Waals surface area contributed by atoms with Crippen LogP contribution in [0.2, 0.25) is 5.02 Å². The molecule has 0 bridgehead atoms. The largest absolute Gasteiger partial charge is 0.495 e. The predicted molar refractivity (Wildman–Crippen MR) is 97.4 cm³/mol. The van der Waals surface area contributed by atoms with Gasteiger partial charge in [0.1, 0.15) is 11.5 Å². The van der Waals surface area contributed by atoms with E-state index in [0.717, 1.165) is 16.9 Å². The Morgan fingerprint density at radius 2 is 1.92 bits per heavy atom. The average molecular weight is 348 g/mol. The molecule has 0 fully saturated rings. The molecule has 128 valence electrons. The van der Waals surface area contributed by atoms with Gasteiger partial charge in [0.05, 0.1) is 12.8 Å². The van der Waals surface area contributed by atoms with Gasteiger partial charge in [-0.3, -0.25) is 4.79 Å².